The van der Waals surface area contributed by atoms with Gasteiger partial charge >= 0.3 is 0 Å². The summed E-state index contributed by atoms with van der Waals surface area (Å²) in [7, 11) is -13.4. The van der Waals surface area contributed by atoms with Crippen LogP contribution in [0.5, 0.6) is 0 Å². The molecule has 0 saturated carbocycles. The third kappa shape index (κ3) is 7.72. The van der Waals surface area contributed by atoms with Crippen LogP contribution in [0.4, 0.5) is 21.5 Å². The lowest BCUT2D eigenvalue weighted by molar-refractivity contribution is 0.102. The molecule has 0 aliphatic rings. The zero-order valence-electron chi connectivity index (χ0n) is 25.7. The van der Waals surface area contributed by atoms with E-state index < -0.39 is 47.9 Å². The maximum atomic E-state index is 13.7. The molecule has 0 radical (unpaired) electrons. The molecule has 13 nitrogen and oxygen atoms in total. The monoisotopic (exact) mass is 749 g/mol. The van der Waals surface area contributed by atoms with Crippen LogP contribution in [0.15, 0.2) is 130 Å². The average Bonchev–Trinajstić information content (AvgIpc) is 3.07. The summed E-state index contributed by atoms with van der Waals surface area (Å²) in [6, 6.07) is 24.2. The molecule has 5 N–H and O–H groups in total. The normalized spacial score (nSPS) is 12.1. The molecule has 0 fully saturated rings. The van der Waals surface area contributed by atoms with Crippen molar-refractivity contribution >= 4 is 80.7 Å². The highest BCUT2D eigenvalue weighted by Gasteiger charge is 2.20. The fraction of sp³-hybridized carbons (Fsp3) is 0. The van der Waals surface area contributed by atoms with E-state index in [1.54, 1.807) is 12.1 Å². The fourth-order valence-corrected chi connectivity index (χ4v) is 7.30. The molecule has 6 aromatic rings. The van der Waals surface area contributed by atoms with Gasteiger partial charge in [-0.05, 0) is 89.6 Å². The van der Waals surface area contributed by atoms with E-state index in [2.05, 4.69) is 15.4 Å². The molecule has 17 heteroatoms. The van der Waals surface area contributed by atoms with E-state index in [4.69, 9.17) is 0 Å². The summed E-state index contributed by atoms with van der Waals surface area (Å²) in [6.45, 7) is 0. The molecule has 0 aliphatic carbocycles. The molecular formula is C34H24FN3O10S3. The molecule has 6 aromatic carbocycles. The first-order valence-corrected chi connectivity index (χ1v) is 18.9. The van der Waals surface area contributed by atoms with Crippen molar-refractivity contribution in [1.29, 1.82) is 0 Å². The van der Waals surface area contributed by atoms with E-state index in [0.717, 1.165) is 36.4 Å². The zero-order valence-corrected chi connectivity index (χ0v) is 28.2. The van der Waals surface area contributed by atoms with Crippen molar-refractivity contribution in [2.75, 3.05) is 15.4 Å². The number of nitrogens with one attached hydrogen (secondary N) is 3. The second-order valence-electron chi connectivity index (χ2n) is 11.1. The smallest absolute Gasteiger partial charge is 0.294 e. The van der Waals surface area contributed by atoms with Crippen LogP contribution in [0.2, 0.25) is 0 Å². The van der Waals surface area contributed by atoms with Gasteiger partial charge in [0.1, 0.15) is 5.82 Å². The number of hydrogen-bond donors (Lipinski definition) is 5. The number of amides is 2. The quantitative estimate of drug-likeness (QED) is 0.110. The van der Waals surface area contributed by atoms with Crippen molar-refractivity contribution in [3.05, 3.63) is 132 Å². The number of sulfonamides is 1. The summed E-state index contributed by atoms with van der Waals surface area (Å²) in [6.07, 6.45) is 0. The van der Waals surface area contributed by atoms with Crippen LogP contribution in [-0.4, -0.2) is 46.2 Å². The van der Waals surface area contributed by atoms with E-state index >= 15 is 0 Å². The predicted molar refractivity (Wildman–Crippen MR) is 187 cm³/mol. The third-order valence-electron chi connectivity index (χ3n) is 7.63. The minimum absolute atomic E-state index is 0.179. The standard InChI is InChI=1S/C34H24FN3O10S3/c35-24-7-9-26(10-8-24)49(41,42)38-25-16-22(33(39)36-31-5-1-3-20-18-27(50(43,44)45)11-13-29(20)31)15-23(17-25)34(40)37-32-6-2-4-21-19-28(51(46,47)48)12-14-30(21)32/h1-19,38H,(H,36,39)(H,37,40)(H,43,44,45)(H,46,47,48). The Bertz CT molecular complexity index is 2590. The summed E-state index contributed by atoms with van der Waals surface area (Å²) in [5.74, 6) is -2.25. The molecule has 0 aromatic heterocycles. The number of halogens is 1. The van der Waals surface area contributed by atoms with Gasteiger partial charge in [0, 0.05) is 33.3 Å². The average molecular weight is 750 g/mol. The molecule has 260 valence electrons. The lowest BCUT2D eigenvalue weighted by Crippen LogP contribution is -2.18. The predicted octanol–water partition coefficient (Wildman–Crippen LogP) is 5.93. The molecule has 0 unspecified atom stereocenters. The van der Waals surface area contributed by atoms with E-state index in [-0.39, 0.29) is 42.9 Å². The van der Waals surface area contributed by atoms with Gasteiger partial charge in [-0.15, -0.1) is 0 Å². The van der Waals surface area contributed by atoms with Gasteiger partial charge in [0.25, 0.3) is 42.1 Å². The maximum Gasteiger partial charge on any atom is 0.294 e. The first-order valence-electron chi connectivity index (χ1n) is 14.5. The van der Waals surface area contributed by atoms with E-state index in [9.17, 15) is 48.3 Å². The van der Waals surface area contributed by atoms with Gasteiger partial charge in [-0.3, -0.25) is 23.4 Å². The number of carbonyl (C=O) groups excluding carboxylic acids is 2. The van der Waals surface area contributed by atoms with Crippen molar-refractivity contribution in [3.63, 3.8) is 0 Å². The largest absolute Gasteiger partial charge is 0.321 e. The summed E-state index contributed by atoms with van der Waals surface area (Å²) >= 11 is 0. The Morgan fingerprint density at radius 1 is 0.529 bits per heavy atom. The molecule has 0 atom stereocenters. The van der Waals surface area contributed by atoms with Crippen LogP contribution in [-0.2, 0) is 30.3 Å². The van der Waals surface area contributed by atoms with E-state index in [1.165, 1.54) is 66.7 Å². The number of benzene rings is 6. The van der Waals surface area contributed by atoms with Gasteiger partial charge in [0.2, 0.25) is 0 Å². The van der Waals surface area contributed by atoms with Crippen LogP contribution in [0.3, 0.4) is 0 Å². The van der Waals surface area contributed by atoms with Crippen molar-refractivity contribution in [2.24, 2.45) is 0 Å². The Labute approximate surface area is 290 Å². The van der Waals surface area contributed by atoms with Crippen LogP contribution in [0.25, 0.3) is 21.5 Å². The van der Waals surface area contributed by atoms with Gasteiger partial charge < -0.3 is 10.6 Å². The highest BCUT2D eigenvalue weighted by molar-refractivity contribution is 7.92. The minimum atomic E-state index is -4.51. The van der Waals surface area contributed by atoms with Gasteiger partial charge in [-0.1, -0.05) is 36.4 Å². The Morgan fingerprint density at radius 2 is 0.961 bits per heavy atom. The third-order valence-corrected chi connectivity index (χ3v) is 10.7. The molecule has 51 heavy (non-hydrogen) atoms. The Kier molecular flexibility index (Phi) is 9.09. The number of rotatable bonds is 9. The number of hydrogen-bond acceptors (Lipinski definition) is 8. The lowest BCUT2D eigenvalue weighted by atomic mass is 10.1. The molecule has 6 rings (SSSR count). The van der Waals surface area contributed by atoms with Crippen LogP contribution in [0.1, 0.15) is 20.7 Å². The van der Waals surface area contributed by atoms with Crippen molar-refractivity contribution in [1.82, 2.24) is 0 Å². The van der Waals surface area contributed by atoms with Gasteiger partial charge in [-0.2, -0.15) is 16.8 Å². The van der Waals surface area contributed by atoms with Crippen molar-refractivity contribution in [3.8, 4) is 0 Å². The number of fused-ring (bicyclic) bond motifs is 2. The van der Waals surface area contributed by atoms with Crippen LogP contribution in [0, 0.1) is 5.82 Å². The first kappa shape index (κ1) is 35.1. The zero-order chi connectivity index (χ0) is 36.7. The number of carbonyl (C=O) groups is 2. The molecule has 0 spiro atoms. The molecule has 0 aliphatic heterocycles. The SMILES string of the molecule is O=C(Nc1cccc2cc(S(=O)(=O)O)ccc12)c1cc(NS(=O)(=O)c2ccc(F)cc2)cc(C(=O)Nc2cccc3cc(S(=O)(=O)O)ccc23)c1. The highest BCUT2D eigenvalue weighted by atomic mass is 32.2. The molecule has 0 bridgehead atoms. The van der Waals surface area contributed by atoms with Crippen molar-refractivity contribution in [2.45, 2.75) is 14.7 Å². The van der Waals surface area contributed by atoms with E-state index in [0.29, 0.717) is 21.5 Å². The topological polar surface area (TPSA) is 213 Å². The molecule has 0 heterocycles. The van der Waals surface area contributed by atoms with Crippen LogP contribution < -0.4 is 15.4 Å². The summed E-state index contributed by atoms with van der Waals surface area (Å²) in [5, 5.41) is 6.88. The second kappa shape index (κ2) is 13.2. The number of anilines is 3. The summed E-state index contributed by atoms with van der Waals surface area (Å²) < 4.78 is 108. The minimum Gasteiger partial charge on any atom is -0.321 e. The summed E-state index contributed by atoms with van der Waals surface area (Å²) in [5.41, 5.74) is -0.114. The van der Waals surface area contributed by atoms with Crippen LogP contribution >= 0.6 is 0 Å². The van der Waals surface area contributed by atoms with Crippen molar-refractivity contribution < 1.29 is 48.3 Å². The van der Waals surface area contributed by atoms with E-state index in [1.807, 2.05) is 0 Å². The fourth-order valence-electron chi connectivity index (χ4n) is 5.23. The molecule has 0 saturated heterocycles. The lowest BCUT2D eigenvalue weighted by Gasteiger charge is -2.14. The van der Waals surface area contributed by atoms with Gasteiger partial charge in [0.05, 0.1) is 20.4 Å². The first-order chi connectivity index (χ1) is 24.0. The maximum absolute atomic E-state index is 13.7. The molecule has 2 amide bonds. The molecular weight excluding hydrogens is 726 g/mol. The Balaban J connectivity index is 1.38. The Morgan fingerprint density at radius 3 is 1.39 bits per heavy atom. The highest BCUT2D eigenvalue weighted by Crippen LogP contribution is 2.29. The summed E-state index contributed by atoms with van der Waals surface area (Å²) in [4.78, 5) is 26.3. The Hall–Kier alpha value is -5.72. The second-order valence-corrected chi connectivity index (χ2v) is 15.6. The van der Waals surface area contributed by atoms with Gasteiger partial charge in [0.15, 0.2) is 0 Å². The van der Waals surface area contributed by atoms with Gasteiger partial charge in [-0.25, -0.2) is 12.8 Å².